The largest absolute Gasteiger partial charge is 0.367 e. The minimum absolute atomic E-state index is 0.0145. The smallest absolute Gasteiger partial charge is 0.224 e. The van der Waals surface area contributed by atoms with Crippen molar-refractivity contribution in [3.63, 3.8) is 0 Å². The van der Waals surface area contributed by atoms with E-state index in [1.165, 1.54) is 16.9 Å². The van der Waals surface area contributed by atoms with Crippen LogP contribution in [0.25, 0.3) is 0 Å². The number of carbonyl (C=O) groups is 1. The first-order chi connectivity index (χ1) is 12.6. The number of pyridine rings is 1. The van der Waals surface area contributed by atoms with Crippen LogP contribution in [0.3, 0.4) is 0 Å². The molecule has 1 aliphatic heterocycles. The normalized spacial score (nSPS) is 14.1. The maximum Gasteiger partial charge on any atom is 0.224 e. The van der Waals surface area contributed by atoms with Gasteiger partial charge < -0.3 is 10.2 Å². The van der Waals surface area contributed by atoms with Gasteiger partial charge in [0.1, 0.15) is 0 Å². The molecule has 0 aliphatic carbocycles. The standard InChI is InChI=1S/C23H31N3O/c1-15-11-19(12-16(2)22(15)25-21(27)13-23(4,5)6)26-10-9-20-18(14-26)8-7-17(3)24-20/h7-8,11-12H,9-10,13-14H2,1-6H3,(H,25,27). The number of rotatable bonds is 3. The van der Waals surface area contributed by atoms with Crippen molar-refractivity contribution in [3.05, 3.63) is 52.3 Å². The van der Waals surface area contributed by atoms with Crippen molar-refractivity contribution >= 4 is 17.3 Å². The number of hydrogen-bond donors (Lipinski definition) is 1. The molecule has 1 N–H and O–H groups in total. The van der Waals surface area contributed by atoms with Crippen LogP contribution in [-0.2, 0) is 17.8 Å². The van der Waals surface area contributed by atoms with E-state index in [9.17, 15) is 4.79 Å². The Labute approximate surface area is 163 Å². The number of aryl methyl sites for hydroxylation is 3. The van der Waals surface area contributed by atoms with E-state index in [4.69, 9.17) is 0 Å². The zero-order chi connectivity index (χ0) is 19.8. The summed E-state index contributed by atoms with van der Waals surface area (Å²) in [5.74, 6) is 0.0785. The third-order valence-corrected chi connectivity index (χ3v) is 5.03. The Kier molecular flexibility index (Phi) is 5.27. The second kappa shape index (κ2) is 7.34. The molecule has 1 aliphatic rings. The van der Waals surface area contributed by atoms with Crippen molar-refractivity contribution in [3.8, 4) is 0 Å². The van der Waals surface area contributed by atoms with E-state index in [-0.39, 0.29) is 11.3 Å². The molecule has 2 heterocycles. The molecule has 3 rings (SSSR count). The minimum atomic E-state index is -0.0145. The zero-order valence-electron chi connectivity index (χ0n) is 17.4. The monoisotopic (exact) mass is 365 g/mol. The third-order valence-electron chi connectivity index (χ3n) is 5.03. The first-order valence-electron chi connectivity index (χ1n) is 9.74. The molecule has 0 bridgehead atoms. The Bertz CT molecular complexity index is 841. The lowest BCUT2D eigenvalue weighted by atomic mass is 9.92. The average Bonchev–Trinajstić information content (AvgIpc) is 2.56. The first kappa shape index (κ1) is 19.4. The van der Waals surface area contributed by atoms with Gasteiger partial charge in [-0.3, -0.25) is 9.78 Å². The Morgan fingerprint density at radius 2 is 1.81 bits per heavy atom. The number of fused-ring (bicyclic) bond motifs is 1. The molecular formula is C23H31N3O. The highest BCUT2D eigenvalue weighted by Crippen LogP contribution is 2.31. The third kappa shape index (κ3) is 4.68. The van der Waals surface area contributed by atoms with Gasteiger partial charge >= 0.3 is 0 Å². The van der Waals surface area contributed by atoms with Gasteiger partial charge in [-0.05, 0) is 61.1 Å². The van der Waals surface area contributed by atoms with Crippen LogP contribution >= 0.6 is 0 Å². The van der Waals surface area contributed by atoms with Gasteiger partial charge in [-0.15, -0.1) is 0 Å². The van der Waals surface area contributed by atoms with Crippen molar-refractivity contribution in [1.82, 2.24) is 4.98 Å². The molecule has 27 heavy (non-hydrogen) atoms. The summed E-state index contributed by atoms with van der Waals surface area (Å²) < 4.78 is 0. The number of amides is 1. The lowest BCUT2D eigenvalue weighted by molar-refractivity contribution is -0.117. The summed E-state index contributed by atoms with van der Waals surface area (Å²) in [7, 11) is 0. The van der Waals surface area contributed by atoms with Crippen molar-refractivity contribution in [2.45, 2.75) is 60.9 Å². The van der Waals surface area contributed by atoms with Gasteiger partial charge in [-0.1, -0.05) is 26.8 Å². The molecule has 0 fully saturated rings. The highest BCUT2D eigenvalue weighted by molar-refractivity contribution is 5.93. The molecular weight excluding hydrogens is 334 g/mol. The SMILES string of the molecule is Cc1ccc2c(n1)CCN(c1cc(C)c(NC(=O)CC(C)(C)C)c(C)c1)C2. The van der Waals surface area contributed by atoms with Crippen molar-refractivity contribution in [2.75, 3.05) is 16.8 Å². The van der Waals surface area contributed by atoms with Crippen LogP contribution in [0.2, 0.25) is 0 Å². The van der Waals surface area contributed by atoms with Crippen molar-refractivity contribution < 1.29 is 4.79 Å². The van der Waals surface area contributed by atoms with Gasteiger partial charge in [0, 0.05) is 48.7 Å². The molecule has 144 valence electrons. The van der Waals surface area contributed by atoms with Crippen LogP contribution < -0.4 is 10.2 Å². The van der Waals surface area contributed by atoms with Crippen LogP contribution in [0.4, 0.5) is 11.4 Å². The highest BCUT2D eigenvalue weighted by atomic mass is 16.1. The van der Waals surface area contributed by atoms with Gasteiger partial charge in [0.15, 0.2) is 0 Å². The molecule has 1 aromatic carbocycles. The lowest BCUT2D eigenvalue weighted by Gasteiger charge is -2.31. The second-order valence-electron chi connectivity index (χ2n) is 8.97. The first-order valence-corrected chi connectivity index (χ1v) is 9.74. The Hall–Kier alpha value is -2.36. The van der Waals surface area contributed by atoms with Crippen LogP contribution in [0.1, 0.15) is 55.3 Å². The molecule has 1 aromatic heterocycles. The highest BCUT2D eigenvalue weighted by Gasteiger charge is 2.20. The van der Waals surface area contributed by atoms with Crippen LogP contribution in [0.15, 0.2) is 24.3 Å². The second-order valence-corrected chi connectivity index (χ2v) is 8.97. The van der Waals surface area contributed by atoms with Crippen molar-refractivity contribution in [1.29, 1.82) is 0 Å². The molecule has 0 spiro atoms. The van der Waals surface area contributed by atoms with Gasteiger partial charge in [0.25, 0.3) is 0 Å². The number of hydrogen-bond acceptors (Lipinski definition) is 3. The fourth-order valence-electron chi connectivity index (χ4n) is 3.73. The van der Waals surface area contributed by atoms with Crippen LogP contribution in [0.5, 0.6) is 0 Å². The van der Waals surface area contributed by atoms with Gasteiger partial charge in [-0.2, -0.15) is 0 Å². The predicted molar refractivity (Wildman–Crippen MR) is 112 cm³/mol. The molecule has 1 amide bonds. The zero-order valence-corrected chi connectivity index (χ0v) is 17.4. The summed E-state index contributed by atoms with van der Waals surface area (Å²) in [4.78, 5) is 19.4. The summed E-state index contributed by atoms with van der Waals surface area (Å²) in [6, 6.07) is 8.66. The number of aromatic nitrogens is 1. The van der Waals surface area contributed by atoms with E-state index < -0.39 is 0 Å². The van der Waals surface area contributed by atoms with E-state index in [1.807, 2.05) is 6.92 Å². The Morgan fingerprint density at radius 3 is 2.44 bits per heavy atom. The topological polar surface area (TPSA) is 45.2 Å². The minimum Gasteiger partial charge on any atom is -0.367 e. The van der Waals surface area contributed by atoms with E-state index in [0.717, 1.165) is 42.0 Å². The average molecular weight is 366 g/mol. The van der Waals surface area contributed by atoms with E-state index in [0.29, 0.717) is 6.42 Å². The quantitative estimate of drug-likeness (QED) is 0.837. The molecule has 0 radical (unpaired) electrons. The molecule has 0 unspecified atom stereocenters. The molecule has 2 aromatic rings. The van der Waals surface area contributed by atoms with E-state index in [2.05, 4.69) is 74.1 Å². The van der Waals surface area contributed by atoms with E-state index in [1.54, 1.807) is 0 Å². The van der Waals surface area contributed by atoms with Gasteiger partial charge in [-0.25, -0.2) is 0 Å². The predicted octanol–water partition coefficient (Wildman–Crippen LogP) is 4.94. The maximum absolute atomic E-state index is 12.4. The summed E-state index contributed by atoms with van der Waals surface area (Å²) in [5.41, 5.74) is 7.99. The number of nitrogens with one attached hydrogen (secondary N) is 1. The lowest BCUT2D eigenvalue weighted by Crippen LogP contribution is -2.31. The Morgan fingerprint density at radius 1 is 1.15 bits per heavy atom. The summed E-state index contributed by atoms with van der Waals surface area (Å²) in [5, 5.41) is 3.12. The number of nitrogens with zero attached hydrogens (tertiary/aromatic N) is 2. The maximum atomic E-state index is 12.4. The number of anilines is 2. The van der Waals surface area contributed by atoms with Crippen LogP contribution in [-0.4, -0.2) is 17.4 Å². The molecule has 4 heteroatoms. The molecule has 0 saturated carbocycles. The summed E-state index contributed by atoms with van der Waals surface area (Å²) in [6.45, 7) is 14.3. The fourth-order valence-corrected chi connectivity index (χ4v) is 3.73. The van der Waals surface area contributed by atoms with Crippen LogP contribution in [0, 0.1) is 26.2 Å². The number of carbonyl (C=O) groups excluding carboxylic acids is 1. The Balaban J connectivity index is 1.79. The fraction of sp³-hybridized carbons (Fsp3) is 0.478. The summed E-state index contributed by atoms with van der Waals surface area (Å²) >= 11 is 0. The molecule has 4 nitrogen and oxygen atoms in total. The molecule has 0 atom stereocenters. The molecule has 0 saturated heterocycles. The van der Waals surface area contributed by atoms with Gasteiger partial charge in [0.2, 0.25) is 5.91 Å². The van der Waals surface area contributed by atoms with Crippen molar-refractivity contribution in [2.24, 2.45) is 5.41 Å². The summed E-state index contributed by atoms with van der Waals surface area (Å²) in [6.07, 6.45) is 1.49. The van der Waals surface area contributed by atoms with Gasteiger partial charge in [0.05, 0.1) is 0 Å². The number of benzene rings is 1. The van der Waals surface area contributed by atoms with E-state index >= 15 is 0 Å².